The van der Waals surface area contributed by atoms with Gasteiger partial charge in [0.1, 0.15) is 11.5 Å². The molecule has 0 fully saturated rings. The van der Waals surface area contributed by atoms with Crippen LogP contribution in [-0.4, -0.2) is 29.4 Å². The molecule has 1 aromatic heterocycles. The molecule has 0 atom stereocenters. The van der Waals surface area contributed by atoms with Crippen molar-refractivity contribution in [2.24, 2.45) is 0 Å². The summed E-state index contributed by atoms with van der Waals surface area (Å²) in [4.78, 5) is 12.1. The van der Waals surface area contributed by atoms with Crippen molar-refractivity contribution in [1.29, 1.82) is 0 Å². The first-order chi connectivity index (χ1) is 13.2. The number of hydrogen-bond acceptors (Lipinski definition) is 4. The Balaban J connectivity index is 1.38. The van der Waals surface area contributed by atoms with Gasteiger partial charge in [0.05, 0.1) is 32.1 Å². The number of carbonyl (C=O) groups is 1. The zero-order chi connectivity index (χ0) is 18.9. The Labute approximate surface area is 158 Å². The molecule has 0 radical (unpaired) electrons. The first kappa shape index (κ1) is 18.5. The van der Waals surface area contributed by atoms with E-state index in [1.807, 2.05) is 60.8 Å². The molecule has 2 aromatic carbocycles. The summed E-state index contributed by atoms with van der Waals surface area (Å²) in [5.41, 5.74) is 1.86. The van der Waals surface area contributed by atoms with Crippen LogP contribution in [0.5, 0.6) is 11.5 Å². The number of rotatable bonds is 9. The Morgan fingerprint density at radius 1 is 1.07 bits per heavy atom. The van der Waals surface area contributed by atoms with Crippen molar-refractivity contribution < 1.29 is 14.3 Å². The van der Waals surface area contributed by atoms with Gasteiger partial charge in [0.25, 0.3) is 0 Å². The van der Waals surface area contributed by atoms with Gasteiger partial charge in [-0.1, -0.05) is 30.3 Å². The van der Waals surface area contributed by atoms with E-state index in [1.165, 1.54) is 0 Å². The van der Waals surface area contributed by atoms with E-state index in [4.69, 9.17) is 9.47 Å². The molecule has 0 spiro atoms. The SMILES string of the molecule is COc1ccc(OCCCC(=O)Nc2cnn(Cc3ccccc3)c2)cc1. The van der Waals surface area contributed by atoms with Gasteiger partial charge in [-0.2, -0.15) is 5.10 Å². The molecule has 3 aromatic rings. The molecule has 0 saturated carbocycles. The zero-order valence-corrected chi connectivity index (χ0v) is 15.3. The fraction of sp³-hybridized carbons (Fsp3) is 0.238. The van der Waals surface area contributed by atoms with Crippen molar-refractivity contribution in [3.05, 3.63) is 72.6 Å². The molecular weight excluding hydrogens is 342 g/mol. The fourth-order valence-corrected chi connectivity index (χ4v) is 2.60. The van der Waals surface area contributed by atoms with Crippen LogP contribution >= 0.6 is 0 Å². The fourth-order valence-electron chi connectivity index (χ4n) is 2.60. The van der Waals surface area contributed by atoms with E-state index in [2.05, 4.69) is 10.4 Å². The molecule has 6 nitrogen and oxygen atoms in total. The van der Waals surface area contributed by atoms with Gasteiger partial charge >= 0.3 is 0 Å². The zero-order valence-electron chi connectivity index (χ0n) is 15.3. The summed E-state index contributed by atoms with van der Waals surface area (Å²) in [6.45, 7) is 1.15. The third kappa shape index (κ3) is 5.88. The average molecular weight is 365 g/mol. The summed E-state index contributed by atoms with van der Waals surface area (Å²) in [6.07, 6.45) is 4.52. The minimum atomic E-state index is -0.0485. The second-order valence-electron chi connectivity index (χ2n) is 6.09. The molecule has 0 aliphatic rings. The Morgan fingerprint density at radius 2 is 1.81 bits per heavy atom. The molecule has 27 heavy (non-hydrogen) atoms. The molecular formula is C21H23N3O3. The maximum Gasteiger partial charge on any atom is 0.224 e. The number of nitrogens with one attached hydrogen (secondary N) is 1. The Kier molecular flexibility index (Phi) is 6.46. The third-order valence-corrected chi connectivity index (χ3v) is 3.98. The van der Waals surface area contributed by atoms with Crippen molar-refractivity contribution in [1.82, 2.24) is 9.78 Å². The predicted molar refractivity (Wildman–Crippen MR) is 104 cm³/mol. The van der Waals surface area contributed by atoms with E-state index in [-0.39, 0.29) is 5.91 Å². The number of aromatic nitrogens is 2. The molecule has 1 heterocycles. The van der Waals surface area contributed by atoms with Crippen LogP contribution in [0.3, 0.4) is 0 Å². The highest BCUT2D eigenvalue weighted by atomic mass is 16.5. The standard InChI is InChI=1S/C21H23N3O3/c1-26-19-9-11-20(12-10-19)27-13-5-8-21(25)23-18-14-22-24(16-18)15-17-6-3-2-4-7-17/h2-4,6-7,9-12,14,16H,5,8,13,15H2,1H3,(H,23,25). The van der Waals surface area contributed by atoms with Crippen LogP contribution in [0.2, 0.25) is 0 Å². The molecule has 0 saturated heterocycles. The van der Waals surface area contributed by atoms with E-state index in [9.17, 15) is 4.79 Å². The summed E-state index contributed by atoms with van der Waals surface area (Å²) < 4.78 is 12.5. The Hall–Kier alpha value is -3.28. The molecule has 0 unspecified atom stereocenters. The van der Waals surface area contributed by atoms with Crippen molar-refractivity contribution in [2.75, 3.05) is 19.0 Å². The van der Waals surface area contributed by atoms with E-state index in [0.29, 0.717) is 31.7 Å². The lowest BCUT2D eigenvalue weighted by atomic mass is 10.2. The molecule has 0 aliphatic carbocycles. The molecule has 6 heteroatoms. The van der Waals surface area contributed by atoms with Crippen molar-refractivity contribution in [2.45, 2.75) is 19.4 Å². The minimum absolute atomic E-state index is 0.0485. The normalized spacial score (nSPS) is 10.4. The summed E-state index contributed by atoms with van der Waals surface area (Å²) in [5, 5.41) is 7.15. The second kappa shape index (κ2) is 9.43. The van der Waals surface area contributed by atoms with Gasteiger partial charge < -0.3 is 14.8 Å². The van der Waals surface area contributed by atoms with Gasteiger partial charge in [0.15, 0.2) is 0 Å². The highest BCUT2D eigenvalue weighted by Gasteiger charge is 2.05. The third-order valence-electron chi connectivity index (χ3n) is 3.98. The predicted octanol–water partition coefficient (Wildman–Crippen LogP) is 3.74. The van der Waals surface area contributed by atoms with Gasteiger partial charge in [-0.25, -0.2) is 0 Å². The molecule has 1 N–H and O–H groups in total. The van der Waals surface area contributed by atoms with Crippen LogP contribution in [0.25, 0.3) is 0 Å². The number of hydrogen-bond donors (Lipinski definition) is 1. The average Bonchev–Trinajstić information content (AvgIpc) is 3.13. The van der Waals surface area contributed by atoms with E-state index in [0.717, 1.165) is 17.1 Å². The van der Waals surface area contributed by atoms with Gasteiger partial charge in [0.2, 0.25) is 5.91 Å². The smallest absolute Gasteiger partial charge is 0.224 e. The lowest BCUT2D eigenvalue weighted by Crippen LogP contribution is -2.12. The lowest BCUT2D eigenvalue weighted by Gasteiger charge is -2.07. The van der Waals surface area contributed by atoms with Crippen molar-refractivity contribution in [3.8, 4) is 11.5 Å². The number of methoxy groups -OCH3 is 1. The minimum Gasteiger partial charge on any atom is -0.497 e. The Morgan fingerprint density at radius 3 is 2.56 bits per heavy atom. The van der Waals surface area contributed by atoms with Gasteiger partial charge in [-0.15, -0.1) is 0 Å². The summed E-state index contributed by atoms with van der Waals surface area (Å²) in [5.74, 6) is 1.50. The van der Waals surface area contributed by atoms with Crippen molar-refractivity contribution >= 4 is 11.6 Å². The number of ether oxygens (including phenoxy) is 2. The highest BCUT2D eigenvalue weighted by Crippen LogP contribution is 2.17. The van der Waals surface area contributed by atoms with Crippen molar-refractivity contribution in [3.63, 3.8) is 0 Å². The summed E-state index contributed by atoms with van der Waals surface area (Å²) >= 11 is 0. The first-order valence-corrected chi connectivity index (χ1v) is 8.86. The number of benzene rings is 2. The van der Waals surface area contributed by atoms with E-state index in [1.54, 1.807) is 18.0 Å². The summed E-state index contributed by atoms with van der Waals surface area (Å²) in [6, 6.07) is 17.4. The molecule has 0 bridgehead atoms. The first-order valence-electron chi connectivity index (χ1n) is 8.86. The maximum absolute atomic E-state index is 12.1. The van der Waals surface area contributed by atoms with Gasteiger partial charge in [-0.3, -0.25) is 9.48 Å². The van der Waals surface area contributed by atoms with Crippen LogP contribution in [0.4, 0.5) is 5.69 Å². The number of nitrogens with zero attached hydrogens (tertiary/aromatic N) is 2. The van der Waals surface area contributed by atoms with Crippen LogP contribution in [-0.2, 0) is 11.3 Å². The Bertz CT molecular complexity index is 845. The highest BCUT2D eigenvalue weighted by molar-refractivity contribution is 5.90. The van der Waals surface area contributed by atoms with Crippen LogP contribution in [0.15, 0.2) is 67.0 Å². The van der Waals surface area contributed by atoms with Crippen LogP contribution < -0.4 is 14.8 Å². The topological polar surface area (TPSA) is 65.4 Å². The monoisotopic (exact) mass is 365 g/mol. The van der Waals surface area contributed by atoms with Crippen LogP contribution in [0.1, 0.15) is 18.4 Å². The number of anilines is 1. The number of carbonyl (C=O) groups excluding carboxylic acids is 1. The lowest BCUT2D eigenvalue weighted by molar-refractivity contribution is -0.116. The molecule has 1 amide bonds. The molecule has 0 aliphatic heterocycles. The van der Waals surface area contributed by atoms with Gasteiger partial charge in [0, 0.05) is 12.6 Å². The van der Waals surface area contributed by atoms with Crippen LogP contribution in [0, 0.1) is 0 Å². The molecule has 3 rings (SSSR count). The number of amides is 1. The summed E-state index contributed by atoms with van der Waals surface area (Å²) in [7, 11) is 1.62. The quantitative estimate of drug-likeness (QED) is 0.587. The van der Waals surface area contributed by atoms with Gasteiger partial charge in [-0.05, 0) is 36.2 Å². The van der Waals surface area contributed by atoms with E-state index >= 15 is 0 Å². The molecule has 140 valence electrons. The van der Waals surface area contributed by atoms with E-state index < -0.39 is 0 Å². The largest absolute Gasteiger partial charge is 0.497 e. The second-order valence-corrected chi connectivity index (χ2v) is 6.09. The maximum atomic E-state index is 12.1.